The molecule has 0 aromatic carbocycles. The maximum Gasteiger partial charge on any atom is 0.168 e. The third-order valence-corrected chi connectivity index (χ3v) is 4.22. The van der Waals surface area contributed by atoms with Crippen LogP contribution >= 0.6 is 0 Å². The Morgan fingerprint density at radius 2 is 1.76 bits per heavy atom. The smallest absolute Gasteiger partial charge is 0.168 e. The van der Waals surface area contributed by atoms with Crippen LogP contribution in [0.2, 0.25) is 0 Å². The Morgan fingerprint density at radius 1 is 1.00 bits per heavy atom. The molecular weight excluding hydrogens is 218 g/mol. The molecule has 17 heavy (non-hydrogen) atoms. The highest BCUT2D eigenvalue weighted by Crippen LogP contribution is 2.35. The molecule has 0 aromatic rings. The molecule has 0 aromatic heterocycles. The lowest BCUT2D eigenvalue weighted by molar-refractivity contribution is -0.179. The van der Waals surface area contributed by atoms with E-state index >= 15 is 0 Å². The zero-order valence-corrected chi connectivity index (χ0v) is 10.5. The van der Waals surface area contributed by atoms with Crippen molar-refractivity contribution in [1.29, 1.82) is 0 Å². The van der Waals surface area contributed by atoms with Crippen LogP contribution in [0.25, 0.3) is 0 Å². The molecule has 0 radical (unpaired) electrons. The van der Waals surface area contributed by atoms with Gasteiger partial charge in [0.25, 0.3) is 0 Å². The van der Waals surface area contributed by atoms with Gasteiger partial charge in [0, 0.05) is 32.0 Å². The molecule has 2 saturated heterocycles. The summed E-state index contributed by atoms with van der Waals surface area (Å²) in [6, 6.07) is 0.623. The summed E-state index contributed by atoms with van der Waals surface area (Å²) in [6.45, 7) is 3.50. The molecule has 2 aliphatic heterocycles. The minimum absolute atomic E-state index is 0.220. The normalized spacial score (nSPS) is 33.5. The fraction of sp³-hybridized carbons (Fsp3) is 1.00. The van der Waals surface area contributed by atoms with Gasteiger partial charge in [-0.2, -0.15) is 0 Å². The third kappa shape index (κ3) is 2.81. The van der Waals surface area contributed by atoms with Crippen molar-refractivity contribution in [3.63, 3.8) is 0 Å². The molecule has 1 aliphatic carbocycles. The summed E-state index contributed by atoms with van der Waals surface area (Å²) in [5.74, 6) is -0.220. The van der Waals surface area contributed by atoms with Crippen LogP contribution in [0.5, 0.6) is 0 Å². The van der Waals surface area contributed by atoms with Gasteiger partial charge in [0.05, 0.1) is 19.3 Å². The standard InChI is InChI=1S/C13H23NO3/c1-2-12(15-7-1)10-14-11-3-5-13(6-4-11)16-8-9-17-13/h11-12,14H,1-10H2/t12-/m1/s1. The predicted molar refractivity (Wildman–Crippen MR) is 63.9 cm³/mol. The Morgan fingerprint density at radius 3 is 2.41 bits per heavy atom. The van der Waals surface area contributed by atoms with Gasteiger partial charge in [-0.3, -0.25) is 0 Å². The Bertz CT molecular complexity index is 234. The fourth-order valence-corrected chi connectivity index (χ4v) is 3.15. The first-order valence-electron chi connectivity index (χ1n) is 6.99. The van der Waals surface area contributed by atoms with Crippen LogP contribution in [0.1, 0.15) is 38.5 Å². The molecule has 4 heteroatoms. The van der Waals surface area contributed by atoms with E-state index in [1.165, 1.54) is 12.8 Å². The molecule has 1 spiro atoms. The number of ether oxygens (including phenoxy) is 3. The van der Waals surface area contributed by atoms with E-state index in [4.69, 9.17) is 14.2 Å². The van der Waals surface area contributed by atoms with Gasteiger partial charge in [-0.25, -0.2) is 0 Å². The molecule has 4 nitrogen and oxygen atoms in total. The van der Waals surface area contributed by atoms with Crippen LogP contribution in [0.15, 0.2) is 0 Å². The second-order valence-electron chi connectivity index (χ2n) is 5.43. The number of nitrogens with one attached hydrogen (secondary N) is 1. The van der Waals surface area contributed by atoms with Crippen molar-refractivity contribution in [3.05, 3.63) is 0 Å². The Labute approximate surface area is 103 Å². The second-order valence-corrected chi connectivity index (χ2v) is 5.43. The topological polar surface area (TPSA) is 39.7 Å². The molecule has 3 rings (SSSR count). The van der Waals surface area contributed by atoms with Crippen molar-refractivity contribution in [1.82, 2.24) is 5.32 Å². The molecular formula is C13H23NO3. The highest BCUT2D eigenvalue weighted by molar-refractivity contribution is 4.86. The van der Waals surface area contributed by atoms with E-state index in [0.717, 1.165) is 52.0 Å². The van der Waals surface area contributed by atoms with Gasteiger partial charge in [-0.1, -0.05) is 0 Å². The lowest BCUT2D eigenvalue weighted by Crippen LogP contribution is -2.43. The van der Waals surface area contributed by atoms with E-state index in [9.17, 15) is 0 Å². The van der Waals surface area contributed by atoms with Gasteiger partial charge in [-0.05, 0) is 25.7 Å². The van der Waals surface area contributed by atoms with Gasteiger partial charge < -0.3 is 19.5 Å². The zero-order valence-electron chi connectivity index (χ0n) is 10.5. The van der Waals surface area contributed by atoms with Gasteiger partial charge in [0.1, 0.15) is 0 Å². The lowest BCUT2D eigenvalue weighted by Gasteiger charge is -2.36. The second kappa shape index (κ2) is 5.22. The minimum atomic E-state index is -0.220. The highest BCUT2D eigenvalue weighted by Gasteiger charge is 2.40. The van der Waals surface area contributed by atoms with Crippen LogP contribution in [0.4, 0.5) is 0 Å². The number of hydrogen-bond donors (Lipinski definition) is 1. The van der Waals surface area contributed by atoms with E-state index < -0.39 is 0 Å². The largest absolute Gasteiger partial charge is 0.377 e. The number of hydrogen-bond acceptors (Lipinski definition) is 4. The third-order valence-electron chi connectivity index (χ3n) is 4.22. The molecule has 3 aliphatic rings. The Hall–Kier alpha value is -0.160. The number of rotatable bonds is 3. The summed E-state index contributed by atoms with van der Waals surface area (Å²) in [5, 5.41) is 3.63. The first kappa shape index (κ1) is 11.9. The van der Waals surface area contributed by atoms with Crippen LogP contribution in [-0.4, -0.2) is 44.3 Å². The fourth-order valence-electron chi connectivity index (χ4n) is 3.15. The molecule has 3 fully saturated rings. The van der Waals surface area contributed by atoms with Crippen LogP contribution in [-0.2, 0) is 14.2 Å². The molecule has 1 atom stereocenters. The van der Waals surface area contributed by atoms with Gasteiger partial charge >= 0.3 is 0 Å². The lowest BCUT2D eigenvalue weighted by atomic mass is 9.90. The van der Waals surface area contributed by atoms with Crippen molar-refractivity contribution in [2.45, 2.75) is 56.5 Å². The maximum absolute atomic E-state index is 5.73. The quantitative estimate of drug-likeness (QED) is 0.811. The summed E-state index contributed by atoms with van der Waals surface area (Å²) < 4.78 is 17.1. The molecule has 0 amide bonds. The van der Waals surface area contributed by atoms with E-state index in [2.05, 4.69) is 5.32 Å². The van der Waals surface area contributed by atoms with Gasteiger partial charge in [-0.15, -0.1) is 0 Å². The van der Waals surface area contributed by atoms with Crippen molar-refractivity contribution in [3.8, 4) is 0 Å². The molecule has 1 saturated carbocycles. The molecule has 0 unspecified atom stereocenters. The maximum atomic E-state index is 5.73. The first-order valence-corrected chi connectivity index (χ1v) is 6.99. The van der Waals surface area contributed by atoms with Gasteiger partial charge in [0.2, 0.25) is 0 Å². The zero-order chi connectivity index (χ0) is 11.6. The first-order chi connectivity index (χ1) is 8.36. The average molecular weight is 241 g/mol. The van der Waals surface area contributed by atoms with Crippen LogP contribution in [0.3, 0.4) is 0 Å². The summed E-state index contributed by atoms with van der Waals surface area (Å²) in [6.07, 6.45) is 7.29. The Balaban J connectivity index is 1.39. The van der Waals surface area contributed by atoms with E-state index in [1.807, 2.05) is 0 Å². The van der Waals surface area contributed by atoms with E-state index in [-0.39, 0.29) is 5.79 Å². The molecule has 98 valence electrons. The Kier molecular flexibility index (Phi) is 3.66. The van der Waals surface area contributed by atoms with Crippen LogP contribution in [0, 0.1) is 0 Å². The summed E-state index contributed by atoms with van der Waals surface area (Å²) >= 11 is 0. The summed E-state index contributed by atoms with van der Waals surface area (Å²) in [7, 11) is 0. The van der Waals surface area contributed by atoms with Crippen molar-refractivity contribution in [2.24, 2.45) is 0 Å². The van der Waals surface area contributed by atoms with Crippen molar-refractivity contribution >= 4 is 0 Å². The molecule has 1 N–H and O–H groups in total. The van der Waals surface area contributed by atoms with Crippen LogP contribution < -0.4 is 5.32 Å². The van der Waals surface area contributed by atoms with Crippen molar-refractivity contribution < 1.29 is 14.2 Å². The molecule has 0 bridgehead atoms. The monoisotopic (exact) mass is 241 g/mol. The average Bonchev–Trinajstić information content (AvgIpc) is 3.01. The van der Waals surface area contributed by atoms with Crippen molar-refractivity contribution in [2.75, 3.05) is 26.4 Å². The SMILES string of the molecule is C1CO[C@@H](CNC2CCC3(CC2)OCCO3)C1. The highest BCUT2D eigenvalue weighted by atomic mass is 16.7. The van der Waals surface area contributed by atoms with E-state index in [1.54, 1.807) is 0 Å². The summed E-state index contributed by atoms with van der Waals surface area (Å²) in [5.41, 5.74) is 0. The van der Waals surface area contributed by atoms with E-state index in [0.29, 0.717) is 12.1 Å². The molecule has 2 heterocycles. The summed E-state index contributed by atoms with van der Waals surface area (Å²) in [4.78, 5) is 0. The van der Waals surface area contributed by atoms with Gasteiger partial charge in [0.15, 0.2) is 5.79 Å². The minimum Gasteiger partial charge on any atom is -0.377 e. The predicted octanol–water partition coefficient (Wildman–Crippen LogP) is 1.44.